The predicted octanol–water partition coefficient (Wildman–Crippen LogP) is 2.83. The van der Waals surface area contributed by atoms with Crippen molar-refractivity contribution >= 4 is 57.6 Å². The van der Waals surface area contributed by atoms with Gasteiger partial charge in [-0.05, 0) is 18.2 Å². The van der Waals surface area contributed by atoms with Crippen molar-refractivity contribution in [1.29, 1.82) is 0 Å². The molecule has 0 aliphatic carbocycles. The number of hydrogen-bond donors (Lipinski definition) is 1. The van der Waals surface area contributed by atoms with Crippen molar-refractivity contribution in [3.63, 3.8) is 0 Å². The molecule has 0 spiro atoms. The topological polar surface area (TPSA) is 60.1 Å². The molecule has 1 saturated heterocycles. The molecule has 130 valence electrons. The molecule has 1 aliphatic heterocycles. The van der Waals surface area contributed by atoms with Crippen molar-refractivity contribution in [2.24, 2.45) is 10.7 Å². The van der Waals surface area contributed by atoms with Crippen LogP contribution in [0.4, 0.5) is 0 Å². The van der Waals surface area contributed by atoms with Gasteiger partial charge in [0, 0.05) is 29.1 Å². The molecular formula is C15H23BrIN3O2S. The van der Waals surface area contributed by atoms with Crippen molar-refractivity contribution in [1.82, 2.24) is 4.90 Å². The molecule has 1 aromatic carbocycles. The van der Waals surface area contributed by atoms with E-state index in [4.69, 9.17) is 15.2 Å². The number of halogens is 2. The molecule has 2 N–H and O–H groups in total. The van der Waals surface area contributed by atoms with Gasteiger partial charge >= 0.3 is 0 Å². The summed E-state index contributed by atoms with van der Waals surface area (Å²) in [7, 11) is 0. The Labute approximate surface area is 167 Å². The number of nitrogens with zero attached hydrogens (tertiary/aromatic N) is 2. The van der Waals surface area contributed by atoms with Gasteiger partial charge < -0.3 is 20.1 Å². The Morgan fingerprint density at radius 1 is 1.35 bits per heavy atom. The molecular weight excluding hydrogens is 493 g/mol. The SMILES string of the molecule is I.NC(=NCCSCCOc1cccc(Br)c1)N1CCOCC1. The van der Waals surface area contributed by atoms with Gasteiger partial charge in [-0.1, -0.05) is 22.0 Å². The minimum Gasteiger partial charge on any atom is -0.493 e. The van der Waals surface area contributed by atoms with Gasteiger partial charge in [-0.2, -0.15) is 11.8 Å². The summed E-state index contributed by atoms with van der Waals surface area (Å²) in [5.74, 6) is 3.42. The molecule has 0 atom stereocenters. The third kappa shape index (κ3) is 8.46. The minimum absolute atomic E-state index is 0. The number of thioether (sulfide) groups is 1. The van der Waals surface area contributed by atoms with Gasteiger partial charge in [-0.3, -0.25) is 4.99 Å². The summed E-state index contributed by atoms with van der Waals surface area (Å²) in [5.41, 5.74) is 5.96. The van der Waals surface area contributed by atoms with Crippen LogP contribution in [-0.4, -0.2) is 61.8 Å². The van der Waals surface area contributed by atoms with Crippen molar-refractivity contribution in [3.05, 3.63) is 28.7 Å². The fourth-order valence-corrected chi connectivity index (χ4v) is 3.00. The Balaban J connectivity index is 0.00000264. The first-order chi connectivity index (χ1) is 10.8. The van der Waals surface area contributed by atoms with Crippen molar-refractivity contribution in [3.8, 4) is 5.75 Å². The Morgan fingerprint density at radius 2 is 2.13 bits per heavy atom. The molecule has 0 amide bonds. The summed E-state index contributed by atoms with van der Waals surface area (Å²) in [6.07, 6.45) is 0. The van der Waals surface area contributed by atoms with Crippen LogP contribution in [0.3, 0.4) is 0 Å². The molecule has 8 heteroatoms. The van der Waals surface area contributed by atoms with E-state index in [0.29, 0.717) is 12.6 Å². The van der Waals surface area contributed by atoms with Crippen LogP contribution < -0.4 is 10.5 Å². The van der Waals surface area contributed by atoms with E-state index in [1.165, 1.54) is 0 Å². The number of ether oxygens (including phenoxy) is 2. The zero-order valence-corrected chi connectivity index (χ0v) is 17.7. The fraction of sp³-hybridized carbons (Fsp3) is 0.533. The van der Waals surface area contributed by atoms with Crippen LogP contribution in [0.2, 0.25) is 0 Å². The lowest BCUT2D eigenvalue weighted by atomic mass is 10.3. The molecule has 0 bridgehead atoms. The number of aliphatic imine (C=N–C) groups is 1. The Kier molecular flexibility index (Phi) is 11.1. The van der Waals surface area contributed by atoms with E-state index in [1.807, 2.05) is 36.0 Å². The molecule has 1 fully saturated rings. The fourth-order valence-electron chi connectivity index (χ4n) is 1.99. The van der Waals surface area contributed by atoms with Crippen LogP contribution in [0.1, 0.15) is 0 Å². The second-order valence-electron chi connectivity index (χ2n) is 4.76. The summed E-state index contributed by atoms with van der Waals surface area (Å²) in [6.45, 7) is 4.58. The number of hydrogen-bond acceptors (Lipinski definition) is 4. The molecule has 1 heterocycles. The first-order valence-corrected chi connectivity index (χ1v) is 9.29. The van der Waals surface area contributed by atoms with Crippen LogP contribution in [0.5, 0.6) is 5.75 Å². The largest absolute Gasteiger partial charge is 0.493 e. The molecule has 5 nitrogen and oxygen atoms in total. The van der Waals surface area contributed by atoms with Crippen LogP contribution >= 0.6 is 51.7 Å². The van der Waals surface area contributed by atoms with Gasteiger partial charge in [0.05, 0.1) is 26.4 Å². The average molecular weight is 516 g/mol. The average Bonchev–Trinajstić information content (AvgIpc) is 2.54. The smallest absolute Gasteiger partial charge is 0.191 e. The highest BCUT2D eigenvalue weighted by atomic mass is 127. The van der Waals surface area contributed by atoms with E-state index in [1.54, 1.807) is 0 Å². The highest BCUT2D eigenvalue weighted by molar-refractivity contribution is 14.0. The zero-order chi connectivity index (χ0) is 15.6. The highest BCUT2D eigenvalue weighted by Gasteiger charge is 2.11. The Morgan fingerprint density at radius 3 is 2.87 bits per heavy atom. The van der Waals surface area contributed by atoms with Gasteiger partial charge in [0.15, 0.2) is 5.96 Å². The molecule has 23 heavy (non-hydrogen) atoms. The van der Waals surface area contributed by atoms with Crippen LogP contribution in [0, 0.1) is 0 Å². The molecule has 0 saturated carbocycles. The van der Waals surface area contributed by atoms with Crippen LogP contribution in [-0.2, 0) is 4.74 Å². The molecule has 1 aromatic rings. The number of nitrogens with two attached hydrogens (primary N) is 1. The summed E-state index contributed by atoms with van der Waals surface area (Å²) >= 11 is 5.25. The maximum absolute atomic E-state index is 5.96. The van der Waals surface area contributed by atoms with Gasteiger partial charge in [-0.25, -0.2) is 0 Å². The van der Waals surface area contributed by atoms with Gasteiger partial charge in [0.2, 0.25) is 0 Å². The van der Waals surface area contributed by atoms with Crippen LogP contribution in [0.15, 0.2) is 33.7 Å². The lowest BCUT2D eigenvalue weighted by molar-refractivity contribution is 0.0674. The normalized spacial score (nSPS) is 15.2. The van der Waals surface area contributed by atoms with Gasteiger partial charge in [0.25, 0.3) is 0 Å². The molecule has 1 aliphatic rings. The lowest BCUT2D eigenvalue weighted by Crippen LogP contribution is -2.44. The lowest BCUT2D eigenvalue weighted by Gasteiger charge is -2.27. The van der Waals surface area contributed by atoms with E-state index in [9.17, 15) is 0 Å². The van der Waals surface area contributed by atoms with Gasteiger partial charge in [-0.15, -0.1) is 24.0 Å². The van der Waals surface area contributed by atoms with E-state index in [-0.39, 0.29) is 24.0 Å². The maximum Gasteiger partial charge on any atom is 0.191 e. The van der Waals surface area contributed by atoms with Crippen LogP contribution in [0.25, 0.3) is 0 Å². The summed E-state index contributed by atoms with van der Waals surface area (Å²) < 4.78 is 12.0. The number of rotatable bonds is 7. The van der Waals surface area contributed by atoms with E-state index in [0.717, 1.165) is 54.6 Å². The molecule has 0 aromatic heterocycles. The van der Waals surface area contributed by atoms with Crippen molar-refractivity contribution in [2.75, 3.05) is 51.0 Å². The molecule has 0 unspecified atom stereocenters. The Hall–Kier alpha value is -0.190. The second kappa shape index (κ2) is 12.2. The van der Waals surface area contributed by atoms with Crippen molar-refractivity contribution < 1.29 is 9.47 Å². The number of benzene rings is 1. The molecule has 2 rings (SSSR count). The highest BCUT2D eigenvalue weighted by Crippen LogP contribution is 2.17. The third-order valence-corrected chi connectivity index (χ3v) is 4.56. The summed E-state index contributed by atoms with van der Waals surface area (Å²) in [4.78, 5) is 6.49. The molecule has 0 radical (unpaired) electrons. The number of guanidine groups is 1. The Bertz CT molecular complexity index is 488. The predicted molar refractivity (Wildman–Crippen MR) is 111 cm³/mol. The third-order valence-electron chi connectivity index (χ3n) is 3.14. The first kappa shape index (κ1) is 20.9. The number of morpholine rings is 1. The first-order valence-electron chi connectivity index (χ1n) is 7.34. The maximum atomic E-state index is 5.96. The minimum atomic E-state index is 0. The van der Waals surface area contributed by atoms with Gasteiger partial charge in [0.1, 0.15) is 5.75 Å². The zero-order valence-electron chi connectivity index (χ0n) is 12.9. The second-order valence-corrected chi connectivity index (χ2v) is 6.90. The monoisotopic (exact) mass is 515 g/mol. The quantitative estimate of drug-likeness (QED) is 0.262. The van der Waals surface area contributed by atoms with E-state index >= 15 is 0 Å². The summed E-state index contributed by atoms with van der Waals surface area (Å²) in [5, 5.41) is 0. The van der Waals surface area contributed by atoms with E-state index in [2.05, 4.69) is 25.8 Å². The summed E-state index contributed by atoms with van der Waals surface area (Å²) in [6, 6.07) is 7.88. The standard InChI is InChI=1S/C15H22BrN3O2S.HI/c16-13-2-1-3-14(12-13)21-9-11-22-10-4-18-15(17)19-5-7-20-8-6-19;/h1-3,12H,4-11H2,(H2,17,18);1H. The van der Waals surface area contributed by atoms with E-state index < -0.39 is 0 Å². The van der Waals surface area contributed by atoms with Crippen molar-refractivity contribution in [2.45, 2.75) is 0 Å².